The molecule has 0 radical (unpaired) electrons. The lowest BCUT2D eigenvalue weighted by molar-refractivity contribution is -0.696. The molecule has 2 heteroatoms. The van der Waals surface area contributed by atoms with Gasteiger partial charge in [-0.25, -0.2) is 9.13 Å². The van der Waals surface area contributed by atoms with Gasteiger partial charge in [-0.05, 0) is 12.8 Å². The molecule has 0 aliphatic heterocycles. The number of nitrogens with zero attached hydrogens (tertiary/aromatic N) is 2. The van der Waals surface area contributed by atoms with Crippen molar-refractivity contribution in [3.05, 3.63) is 18.7 Å². The van der Waals surface area contributed by atoms with Crippen LogP contribution in [0.25, 0.3) is 0 Å². The summed E-state index contributed by atoms with van der Waals surface area (Å²) in [5.41, 5.74) is 0. The quantitative estimate of drug-likeness (QED) is 0.593. The average molecular weight is 167 g/mol. The van der Waals surface area contributed by atoms with Crippen LogP contribution in [0.1, 0.15) is 33.1 Å². The lowest BCUT2D eigenvalue weighted by Crippen LogP contribution is -2.30. The summed E-state index contributed by atoms with van der Waals surface area (Å²) in [6, 6.07) is 0. The zero-order chi connectivity index (χ0) is 8.81. The Hall–Kier alpha value is -0.790. The third-order valence-corrected chi connectivity index (χ3v) is 2.00. The first-order valence-electron chi connectivity index (χ1n) is 4.91. The molecule has 0 aromatic carbocycles. The Morgan fingerprint density at radius 2 is 2.08 bits per heavy atom. The molecule has 0 saturated carbocycles. The summed E-state index contributed by atoms with van der Waals surface area (Å²) in [6.07, 6.45) is 10.3. The number of imidazole rings is 1. The molecule has 2 nitrogen and oxygen atoms in total. The lowest BCUT2D eigenvalue weighted by Gasteiger charge is -1.92. The zero-order valence-electron chi connectivity index (χ0n) is 8.16. The Balaban J connectivity index is 2.41. The van der Waals surface area contributed by atoms with E-state index in [1.54, 1.807) is 0 Å². The van der Waals surface area contributed by atoms with E-state index in [9.17, 15) is 0 Å². The summed E-state index contributed by atoms with van der Waals surface area (Å²) in [7, 11) is 0. The van der Waals surface area contributed by atoms with Crippen molar-refractivity contribution in [1.29, 1.82) is 0 Å². The van der Waals surface area contributed by atoms with Crippen LogP contribution in [0.2, 0.25) is 0 Å². The number of unbranched alkanes of at least 4 members (excludes halogenated alkanes) is 1. The molecule has 1 rings (SSSR count). The third-order valence-electron chi connectivity index (χ3n) is 2.00. The monoisotopic (exact) mass is 167 g/mol. The fraction of sp³-hybridized carbons (Fsp3) is 0.700. The Morgan fingerprint density at radius 3 is 2.75 bits per heavy atom. The highest BCUT2D eigenvalue weighted by Gasteiger charge is 2.00. The summed E-state index contributed by atoms with van der Waals surface area (Å²) in [5, 5.41) is 0. The highest BCUT2D eigenvalue weighted by atomic mass is 15.1. The van der Waals surface area contributed by atoms with Crippen LogP contribution < -0.4 is 4.57 Å². The molecule has 0 bridgehead atoms. The molecular formula is C10H19N2+. The molecule has 0 saturated heterocycles. The first-order valence-corrected chi connectivity index (χ1v) is 4.91. The van der Waals surface area contributed by atoms with Crippen LogP contribution in [-0.4, -0.2) is 4.57 Å². The third kappa shape index (κ3) is 2.68. The van der Waals surface area contributed by atoms with E-state index in [1.165, 1.54) is 19.3 Å². The van der Waals surface area contributed by atoms with Gasteiger partial charge in [-0.3, -0.25) is 0 Å². The van der Waals surface area contributed by atoms with Crippen molar-refractivity contribution in [2.75, 3.05) is 0 Å². The maximum absolute atomic E-state index is 2.26. The number of hydrogen-bond acceptors (Lipinski definition) is 0. The summed E-state index contributed by atoms with van der Waals surface area (Å²) in [4.78, 5) is 0. The van der Waals surface area contributed by atoms with Crippen molar-refractivity contribution in [2.45, 2.75) is 46.2 Å². The standard InChI is InChI=1S/C10H19N2/c1-3-5-7-12-9-8-11(10-12)6-4-2/h8-10H,3-7H2,1-2H3/q+1. The number of aryl methyl sites for hydroxylation is 2. The topological polar surface area (TPSA) is 8.81 Å². The summed E-state index contributed by atoms with van der Waals surface area (Å²) in [6.45, 7) is 6.73. The Morgan fingerprint density at radius 1 is 1.25 bits per heavy atom. The molecule has 0 amide bonds. The summed E-state index contributed by atoms with van der Waals surface area (Å²) < 4.78 is 4.51. The fourth-order valence-corrected chi connectivity index (χ4v) is 1.30. The largest absolute Gasteiger partial charge is 0.243 e. The molecule has 1 aromatic heterocycles. The average Bonchev–Trinajstić information content (AvgIpc) is 2.50. The van der Waals surface area contributed by atoms with Gasteiger partial charge < -0.3 is 0 Å². The molecular weight excluding hydrogens is 148 g/mol. The van der Waals surface area contributed by atoms with Gasteiger partial charge in [0.1, 0.15) is 12.4 Å². The van der Waals surface area contributed by atoms with Gasteiger partial charge in [-0.1, -0.05) is 20.3 Å². The fourth-order valence-electron chi connectivity index (χ4n) is 1.30. The first-order chi connectivity index (χ1) is 5.86. The maximum Gasteiger partial charge on any atom is 0.243 e. The Kier molecular flexibility index (Phi) is 3.85. The van der Waals surface area contributed by atoms with Gasteiger partial charge in [-0.15, -0.1) is 0 Å². The van der Waals surface area contributed by atoms with Crippen LogP contribution in [0.3, 0.4) is 0 Å². The lowest BCUT2D eigenvalue weighted by atomic mass is 10.3. The Labute approximate surface area is 74.8 Å². The van der Waals surface area contributed by atoms with Crippen LogP contribution in [0.15, 0.2) is 18.7 Å². The van der Waals surface area contributed by atoms with Gasteiger partial charge in [0.05, 0.1) is 13.1 Å². The van der Waals surface area contributed by atoms with E-state index in [4.69, 9.17) is 0 Å². The minimum Gasteiger partial charge on any atom is -0.237 e. The smallest absolute Gasteiger partial charge is 0.237 e. The predicted molar refractivity (Wildman–Crippen MR) is 49.8 cm³/mol. The van der Waals surface area contributed by atoms with E-state index < -0.39 is 0 Å². The molecule has 1 aromatic rings. The van der Waals surface area contributed by atoms with E-state index in [-0.39, 0.29) is 0 Å². The minimum atomic E-state index is 1.14. The molecule has 0 fully saturated rings. The van der Waals surface area contributed by atoms with Gasteiger partial charge >= 0.3 is 0 Å². The summed E-state index contributed by atoms with van der Waals surface area (Å²) >= 11 is 0. The van der Waals surface area contributed by atoms with Gasteiger partial charge in [0, 0.05) is 0 Å². The van der Waals surface area contributed by atoms with Crippen molar-refractivity contribution in [1.82, 2.24) is 4.57 Å². The van der Waals surface area contributed by atoms with Crippen molar-refractivity contribution in [3.63, 3.8) is 0 Å². The van der Waals surface area contributed by atoms with Crippen LogP contribution in [0, 0.1) is 0 Å². The van der Waals surface area contributed by atoms with Crippen LogP contribution >= 0.6 is 0 Å². The van der Waals surface area contributed by atoms with Gasteiger partial charge in [-0.2, -0.15) is 0 Å². The summed E-state index contributed by atoms with van der Waals surface area (Å²) in [5.74, 6) is 0. The van der Waals surface area contributed by atoms with E-state index in [2.05, 4.69) is 41.7 Å². The molecule has 0 atom stereocenters. The van der Waals surface area contributed by atoms with Gasteiger partial charge in [0.2, 0.25) is 6.33 Å². The molecule has 1 heterocycles. The molecule has 0 aliphatic rings. The first kappa shape index (κ1) is 9.30. The van der Waals surface area contributed by atoms with Crippen LogP contribution in [0.5, 0.6) is 0 Å². The molecule has 68 valence electrons. The van der Waals surface area contributed by atoms with E-state index in [0.29, 0.717) is 0 Å². The van der Waals surface area contributed by atoms with Crippen LogP contribution in [0.4, 0.5) is 0 Å². The highest BCUT2D eigenvalue weighted by Crippen LogP contribution is 1.92. The van der Waals surface area contributed by atoms with Crippen molar-refractivity contribution < 1.29 is 4.57 Å². The van der Waals surface area contributed by atoms with E-state index in [0.717, 1.165) is 13.1 Å². The minimum absolute atomic E-state index is 1.14. The van der Waals surface area contributed by atoms with Crippen molar-refractivity contribution in [2.24, 2.45) is 0 Å². The number of aromatic nitrogens is 2. The van der Waals surface area contributed by atoms with Crippen LogP contribution in [-0.2, 0) is 13.1 Å². The molecule has 12 heavy (non-hydrogen) atoms. The maximum atomic E-state index is 2.26. The van der Waals surface area contributed by atoms with Crippen molar-refractivity contribution >= 4 is 0 Å². The van der Waals surface area contributed by atoms with E-state index >= 15 is 0 Å². The molecule has 0 spiro atoms. The Bertz CT molecular complexity index is 215. The predicted octanol–water partition coefficient (Wildman–Crippen LogP) is 1.99. The van der Waals surface area contributed by atoms with Gasteiger partial charge in [0.25, 0.3) is 0 Å². The zero-order valence-corrected chi connectivity index (χ0v) is 8.16. The second-order valence-electron chi connectivity index (χ2n) is 3.24. The normalized spacial score (nSPS) is 10.5. The van der Waals surface area contributed by atoms with E-state index in [1.807, 2.05) is 0 Å². The van der Waals surface area contributed by atoms with Crippen molar-refractivity contribution in [3.8, 4) is 0 Å². The number of rotatable bonds is 5. The SMILES string of the molecule is CCCCn1cc[n+](CCC)c1. The van der Waals surface area contributed by atoms with Gasteiger partial charge in [0.15, 0.2) is 0 Å². The second kappa shape index (κ2) is 4.96. The second-order valence-corrected chi connectivity index (χ2v) is 3.24. The molecule has 0 aliphatic carbocycles. The molecule has 0 unspecified atom stereocenters. The molecule has 0 N–H and O–H groups in total. The number of hydrogen-bond donors (Lipinski definition) is 0. The highest BCUT2D eigenvalue weighted by molar-refractivity contribution is 4.65.